The van der Waals surface area contributed by atoms with Crippen LogP contribution >= 0.6 is 45.3 Å². The topological polar surface area (TPSA) is 86.7 Å². The molecular formula is C54H36O6S4. The van der Waals surface area contributed by atoms with Crippen LogP contribution in [0.1, 0.15) is 127 Å². The highest BCUT2D eigenvalue weighted by molar-refractivity contribution is 7.34. The van der Waals surface area contributed by atoms with Crippen molar-refractivity contribution in [3.63, 3.8) is 0 Å². The van der Waals surface area contributed by atoms with E-state index in [1.807, 2.05) is 95.5 Å². The Balaban J connectivity index is 0.897. The molecule has 64 heavy (non-hydrogen) atoms. The molecule has 8 aromatic rings. The van der Waals surface area contributed by atoms with E-state index in [1.54, 1.807) is 34.8 Å². The predicted octanol–water partition coefficient (Wildman–Crippen LogP) is 14.8. The van der Waals surface area contributed by atoms with Crippen molar-refractivity contribution in [1.29, 1.82) is 0 Å². The second-order valence-electron chi connectivity index (χ2n) is 18.2. The van der Waals surface area contributed by atoms with Crippen molar-refractivity contribution < 1.29 is 28.7 Å². The number of ether oxygens (including phenoxy) is 2. The van der Waals surface area contributed by atoms with Crippen LogP contribution in [0.2, 0.25) is 0 Å². The first-order valence-electron chi connectivity index (χ1n) is 22.2. The molecule has 0 bridgehead atoms. The fourth-order valence-electron chi connectivity index (χ4n) is 11.5. The summed E-state index contributed by atoms with van der Waals surface area (Å²) in [6, 6.07) is 27.2. The Morgan fingerprint density at radius 1 is 0.422 bits per heavy atom. The maximum absolute atomic E-state index is 13.8. The fraction of sp³-hybridized carbons (Fsp3) is 0.222. The zero-order valence-electron chi connectivity index (χ0n) is 34.4. The summed E-state index contributed by atoms with van der Waals surface area (Å²) in [5.74, 6) is 0.769. The average molecular weight is 909 g/mol. The summed E-state index contributed by atoms with van der Waals surface area (Å²) in [6.07, 6.45) is 13.9. The maximum atomic E-state index is 13.8. The molecule has 6 aliphatic rings. The van der Waals surface area contributed by atoms with Crippen molar-refractivity contribution in [3.05, 3.63) is 139 Å². The molecule has 0 N–H and O–H groups in total. The molecule has 2 fully saturated rings. The minimum Gasteiger partial charge on any atom is -0.481 e. The molecule has 4 aromatic carbocycles. The number of benzene rings is 4. The first-order chi connectivity index (χ1) is 31.3. The SMILES string of the molecule is O=C1C(=Cc2cc3c(s2)-c2sc4c5c(sc4c2C2(CCCCC2)O3)-c2sc(C=C3C(=O)c4cc6ccccc6cc4C3=O)cc2OC52CCCCC2)C(=O)c2cc3ccccc3cc21. The van der Waals surface area contributed by atoms with Gasteiger partial charge in [-0.05, 0) is 121 Å². The number of rotatable bonds is 2. The Morgan fingerprint density at radius 2 is 0.766 bits per heavy atom. The minimum absolute atomic E-state index is 0.204. The normalized spacial score (nSPS) is 18.9. The largest absolute Gasteiger partial charge is 0.481 e. The summed E-state index contributed by atoms with van der Waals surface area (Å²) >= 11 is 6.92. The van der Waals surface area contributed by atoms with Crippen LogP contribution in [0.4, 0.5) is 0 Å². The lowest BCUT2D eigenvalue weighted by Crippen LogP contribution is -2.37. The number of carbonyl (C=O) groups excluding carboxylic acids is 4. The fourth-order valence-corrected chi connectivity index (χ4v) is 17.1. The molecule has 0 unspecified atom stereocenters. The zero-order chi connectivity index (χ0) is 42.6. The second kappa shape index (κ2) is 13.4. The number of Topliss-reactive ketones (excluding diaryl/α,β-unsaturated/α-hetero) is 4. The highest BCUT2D eigenvalue weighted by Gasteiger charge is 2.51. The summed E-state index contributed by atoms with van der Waals surface area (Å²) in [5, 5.41) is 3.78. The van der Waals surface area contributed by atoms with Gasteiger partial charge in [0.2, 0.25) is 0 Å². The van der Waals surface area contributed by atoms with Gasteiger partial charge in [0.05, 0.1) is 40.1 Å². The van der Waals surface area contributed by atoms with E-state index in [0.29, 0.717) is 22.3 Å². The van der Waals surface area contributed by atoms with Crippen molar-refractivity contribution in [3.8, 4) is 31.0 Å². The number of allylic oxidation sites excluding steroid dienone is 2. The van der Waals surface area contributed by atoms with Gasteiger partial charge in [0.15, 0.2) is 23.1 Å². The monoisotopic (exact) mass is 908 g/mol. The average Bonchev–Trinajstić information content (AvgIpc) is 4.15. The lowest BCUT2D eigenvalue weighted by molar-refractivity contribution is 0.0257. The van der Waals surface area contributed by atoms with Crippen LogP contribution in [0.3, 0.4) is 0 Å². The van der Waals surface area contributed by atoms with E-state index in [-0.39, 0.29) is 34.3 Å². The number of fused-ring (bicyclic) bond motifs is 15. The maximum Gasteiger partial charge on any atom is 0.197 e. The molecule has 14 rings (SSSR count). The molecule has 2 spiro atoms. The van der Waals surface area contributed by atoms with Gasteiger partial charge in [-0.2, -0.15) is 0 Å². The van der Waals surface area contributed by atoms with Crippen molar-refractivity contribution in [2.45, 2.75) is 75.4 Å². The van der Waals surface area contributed by atoms with Crippen molar-refractivity contribution in [1.82, 2.24) is 0 Å². The molecule has 10 heteroatoms. The summed E-state index contributed by atoms with van der Waals surface area (Å²) in [6.45, 7) is 0. The van der Waals surface area contributed by atoms with E-state index >= 15 is 0 Å². The van der Waals surface area contributed by atoms with Gasteiger partial charge in [0.25, 0.3) is 0 Å². The Kier molecular flexibility index (Phi) is 7.86. The Hall–Kier alpha value is -5.78. The summed E-state index contributed by atoms with van der Waals surface area (Å²) in [7, 11) is 0. The van der Waals surface area contributed by atoms with E-state index in [4.69, 9.17) is 9.47 Å². The smallest absolute Gasteiger partial charge is 0.197 e. The van der Waals surface area contributed by atoms with Gasteiger partial charge >= 0.3 is 0 Å². The van der Waals surface area contributed by atoms with Gasteiger partial charge in [-0.1, -0.05) is 61.4 Å². The van der Waals surface area contributed by atoms with E-state index in [2.05, 4.69) is 12.1 Å². The predicted molar refractivity (Wildman–Crippen MR) is 258 cm³/mol. The summed E-state index contributed by atoms with van der Waals surface area (Å²) < 4.78 is 17.1. The molecule has 4 aromatic heterocycles. The van der Waals surface area contributed by atoms with Crippen molar-refractivity contribution in [2.24, 2.45) is 0 Å². The van der Waals surface area contributed by atoms with Crippen molar-refractivity contribution in [2.75, 3.05) is 0 Å². The lowest BCUT2D eigenvalue weighted by Gasteiger charge is -2.41. The Morgan fingerprint density at radius 3 is 1.11 bits per heavy atom. The van der Waals surface area contributed by atoms with Crippen molar-refractivity contribution >= 4 is 112 Å². The minimum atomic E-state index is -0.482. The molecule has 4 aliphatic carbocycles. The molecular weight excluding hydrogens is 873 g/mol. The van der Waals surface area contributed by atoms with Crippen LogP contribution in [0, 0.1) is 0 Å². The van der Waals surface area contributed by atoms with Gasteiger partial charge in [0.1, 0.15) is 22.7 Å². The van der Waals surface area contributed by atoms with E-state index in [0.717, 1.165) is 104 Å². The highest BCUT2D eigenvalue weighted by atomic mass is 32.1. The number of ketones is 4. The first kappa shape index (κ1) is 37.6. The zero-order valence-corrected chi connectivity index (χ0v) is 37.7. The molecule has 2 aliphatic heterocycles. The van der Waals surface area contributed by atoms with Gasteiger partial charge in [-0.25, -0.2) is 0 Å². The van der Waals surface area contributed by atoms with Crippen LogP contribution < -0.4 is 9.47 Å². The van der Waals surface area contributed by atoms with Crippen LogP contribution in [-0.2, 0) is 11.2 Å². The van der Waals surface area contributed by atoms with E-state index in [9.17, 15) is 19.2 Å². The molecule has 312 valence electrons. The second-order valence-corrected chi connectivity index (χ2v) is 22.4. The Labute approximate surface area is 383 Å². The summed E-state index contributed by atoms with van der Waals surface area (Å²) in [5.41, 5.74) is 3.88. The van der Waals surface area contributed by atoms with Gasteiger partial charge in [-0.15, -0.1) is 45.3 Å². The third-order valence-electron chi connectivity index (χ3n) is 14.5. The molecule has 0 atom stereocenters. The van der Waals surface area contributed by atoms with Gasteiger partial charge in [-0.3, -0.25) is 19.2 Å². The standard InChI is InChI=1S/C54H36O6S4/c55-43-33-19-27-11-3-4-12-28(27)20-34(33)44(56)37(43)23-31-25-39-47(61-31)49-41(53(59-39)15-7-1-8-16-53)51-52(63-49)42-50(64-51)48-40(60-54(42)17-9-2-10-18-54)26-32(62-48)24-38-45(57)35-21-29-13-5-6-14-30(29)22-36(35)46(38)58/h3-6,11-14,19-26H,1-2,7-10,15-18H2. The van der Waals surface area contributed by atoms with Crippen LogP contribution in [0.15, 0.2) is 96.1 Å². The van der Waals surface area contributed by atoms with Gasteiger partial charge < -0.3 is 9.47 Å². The number of hydrogen-bond donors (Lipinski definition) is 0. The quantitative estimate of drug-likeness (QED) is 0.127. The van der Waals surface area contributed by atoms with E-state index < -0.39 is 11.2 Å². The van der Waals surface area contributed by atoms with Crippen LogP contribution in [-0.4, -0.2) is 23.1 Å². The summed E-state index contributed by atoms with van der Waals surface area (Å²) in [4.78, 5) is 61.6. The first-order valence-corrected chi connectivity index (χ1v) is 25.5. The molecule has 0 saturated heterocycles. The number of hydrogen-bond acceptors (Lipinski definition) is 10. The number of carbonyl (C=O) groups is 4. The van der Waals surface area contributed by atoms with Crippen LogP contribution in [0.25, 0.3) is 62.6 Å². The van der Waals surface area contributed by atoms with Gasteiger partial charge in [0, 0.05) is 43.1 Å². The van der Waals surface area contributed by atoms with Crippen LogP contribution in [0.5, 0.6) is 11.5 Å². The third-order valence-corrected chi connectivity index (χ3v) is 19.5. The molecule has 2 saturated carbocycles. The molecule has 0 radical (unpaired) electrons. The molecule has 6 nitrogen and oxygen atoms in total. The van der Waals surface area contributed by atoms with E-state index in [1.165, 1.54) is 43.1 Å². The highest BCUT2D eigenvalue weighted by Crippen LogP contribution is 2.66. The number of thiophene rings is 4. The lowest BCUT2D eigenvalue weighted by atomic mass is 9.76. The third kappa shape index (κ3) is 5.16. The molecule has 6 heterocycles. The molecule has 0 amide bonds. The Bertz CT molecular complexity index is 3210.